The fourth-order valence-corrected chi connectivity index (χ4v) is 3.41. The van der Waals surface area contributed by atoms with Crippen LogP contribution in [0.4, 0.5) is 10.9 Å². The highest BCUT2D eigenvalue weighted by atomic mass is 79.9. The Labute approximate surface area is 168 Å². The largest absolute Gasteiger partial charge is 0.453 e. The van der Waals surface area contributed by atoms with Crippen LogP contribution in [0.2, 0.25) is 0 Å². The molecule has 27 heavy (non-hydrogen) atoms. The molecule has 6 nitrogen and oxygen atoms in total. The van der Waals surface area contributed by atoms with E-state index in [1.165, 1.54) is 11.3 Å². The number of aryl methyl sites for hydroxylation is 1. The van der Waals surface area contributed by atoms with Gasteiger partial charge in [-0.05, 0) is 35.0 Å². The van der Waals surface area contributed by atoms with Gasteiger partial charge in [0, 0.05) is 22.1 Å². The highest BCUT2D eigenvalue weighted by Crippen LogP contribution is 2.33. The zero-order valence-corrected chi connectivity index (χ0v) is 16.8. The number of pyridine rings is 1. The highest BCUT2D eigenvalue weighted by molar-refractivity contribution is 9.10. The van der Waals surface area contributed by atoms with Crippen LogP contribution in [0.3, 0.4) is 0 Å². The first kappa shape index (κ1) is 17.7. The molecule has 8 heteroatoms. The molecule has 1 aromatic carbocycles. The van der Waals surface area contributed by atoms with Crippen LogP contribution in [0.25, 0.3) is 0 Å². The lowest BCUT2D eigenvalue weighted by Crippen LogP contribution is -1.98. The minimum absolute atomic E-state index is 0.549. The maximum atomic E-state index is 5.96. The van der Waals surface area contributed by atoms with Gasteiger partial charge in [0.25, 0.3) is 0 Å². The molecule has 0 aliphatic rings. The number of anilines is 2. The van der Waals surface area contributed by atoms with E-state index in [4.69, 9.17) is 9.15 Å². The smallest absolute Gasteiger partial charge is 0.200 e. The molecule has 4 aromatic rings. The van der Waals surface area contributed by atoms with Gasteiger partial charge >= 0.3 is 0 Å². The molecule has 3 aromatic heterocycles. The average Bonchev–Trinajstić information content (AvgIpc) is 3.27. The van der Waals surface area contributed by atoms with Gasteiger partial charge in [-0.2, -0.15) is 0 Å². The number of hydrogen-bond donors (Lipinski definition) is 1. The van der Waals surface area contributed by atoms with Crippen LogP contribution in [0.5, 0.6) is 11.5 Å². The second-order valence-electron chi connectivity index (χ2n) is 5.73. The molecule has 4 rings (SSSR count). The number of para-hydroxylation sites is 1. The van der Waals surface area contributed by atoms with Crippen molar-refractivity contribution in [2.45, 2.75) is 13.3 Å². The highest BCUT2D eigenvalue weighted by Gasteiger charge is 2.12. The Kier molecular flexibility index (Phi) is 5.17. The van der Waals surface area contributed by atoms with Crippen LogP contribution < -0.4 is 10.1 Å². The Balaban J connectivity index is 1.52. The number of ether oxygens (including phenoxy) is 1. The molecule has 0 bridgehead atoms. The van der Waals surface area contributed by atoms with Gasteiger partial charge in [0.1, 0.15) is 11.5 Å². The molecule has 0 saturated heterocycles. The maximum Gasteiger partial charge on any atom is 0.200 e. The fourth-order valence-electron chi connectivity index (χ4n) is 2.39. The first-order valence-corrected chi connectivity index (χ1v) is 9.84. The Morgan fingerprint density at radius 1 is 1.19 bits per heavy atom. The van der Waals surface area contributed by atoms with Gasteiger partial charge < -0.3 is 14.5 Å². The van der Waals surface area contributed by atoms with E-state index in [9.17, 15) is 0 Å². The van der Waals surface area contributed by atoms with Crippen molar-refractivity contribution in [1.29, 1.82) is 0 Å². The minimum Gasteiger partial charge on any atom is -0.453 e. The van der Waals surface area contributed by atoms with Gasteiger partial charge in [-0.15, -0.1) is 11.3 Å². The fraction of sp³-hybridized carbons (Fsp3) is 0.105. The summed E-state index contributed by atoms with van der Waals surface area (Å²) in [6.45, 7) is 1.87. The SMILES string of the molecule is Cc1cnc(Cc2csc(Nc3ncc(Br)cc3Oc3ccccc3)n2)o1. The topological polar surface area (TPSA) is 73.1 Å². The third-order valence-electron chi connectivity index (χ3n) is 3.57. The van der Waals surface area contributed by atoms with Crippen molar-refractivity contribution in [3.05, 3.63) is 76.0 Å². The summed E-state index contributed by atoms with van der Waals surface area (Å²) < 4.78 is 12.3. The summed E-state index contributed by atoms with van der Waals surface area (Å²) in [4.78, 5) is 13.2. The molecule has 3 heterocycles. The maximum absolute atomic E-state index is 5.96. The van der Waals surface area contributed by atoms with E-state index in [0.717, 1.165) is 26.8 Å². The van der Waals surface area contributed by atoms with E-state index in [-0.39, 0.29) is 0 Å². The number of oxazole rings is 1. The molecular weight excluding hydrogens is 428 g/mol. The predicted molar refractivity (Wildman–Crippen MR) is 108 cm³/mol. The second-order valence-corrected chi connectivity index (χ2v) is 7.50. The van der Waals surface area contributed by atoms with E-state index in [0.29, 0.717) is 23.9 Å². The Morgan fingerprint density at radius 3 is 2.81 bits per heavy atom. The lowest BCUT2D eigenvalue weighted by atomic mass is 10.3. The molecule has 0 amide bonds. The molecule has 0 saturated carbocycles. The third-order valence-corrected chi connectivity index (χ3v) is 4.81. The van der Waals surface area contributed by atoms with E-state index >= 15 is 0 Å². The van der Waals surface area contributed by atoms with E-state index in [2.05, 4.69) is 36.2 Å². The normalized spacial score (nSPS) is 10.7. The first-order chi connectivity index (χ1) is 13.2. The molecule has 0 fully saturated rings. The van der Waals surface area contributed by atoms with E-state index in [1.807, 2.05) is 48.7 Å². The number of nitrogens with zero attached hydrogens (tertiary/aromatic N) is 3. The van der Waals surface area contributed by atoms with Crippen LogP contribution in [-0.4, -0.2) is 15.0 Å². The molecule has 136 valence electrons. The third kappa shape index (κ3) is 4.53. The van der Waals surface area contributed by atoms with Crippen LogP contribution in [-0.2, 0) is 6.42 Å². The number of thiazole rings is 1. The Morgan fingerprint density at radius 2 is 2.04 bits per heavy atom. The number of nitrogens with one attached hydrogen (secondary N) is 1. The Bertz CT molecular complexity index is 1050. The van der Waals surface area contributed by atoms with Crippen molar-refractivity contribution >= 4 is 38.2 Å². The van der Waals surface area contributed by atoms with E-state index in [1.54, 1.807) is 12.4 Å². The molecule has 0 radical (unpaired) electrons. The number of aromatic nitrogens is 3. The monoisotopic (exact) mass is 442 g/mol. The van der Waals surface area contributed by atoms with Crippen molar-refractivity contribution in [3.8, 4) is 11.5 Å². The summed E-state index contributed by atoms with van der Waals surface area (Å²) in [6.07, 6.45) is 3.97. The molecule has 0 aliphatic heterocycles. The van der Waals surface area contributed by atoms with Crippen LogP contribution >= 0.6 is 27.3 Å². The lowest BCUT2D eigenvalue weighted by Gasteiger charge is -2.11. The lowest BCUT2D eigenvalue weighted by molar-refractivity contribution is 0.480. The summed E-state index contributed by atoms with van der Waals surface area (Å²) in [7, 11) is 0. The molecule has 0 unspecified atom stereocenters. The average molecular weight is 443 g/mol. The van der Waals surface area contributed by atoms with Gasteiger partial charge in [0.15, 0.2) is 22.6 Å². The predicted octanol–water partition coefficient (Wildman–Crippen LogP) is 5.72. The van der Waals surface area contributed by atoms with Gasteiger partial charge in [-0.1, -0.05) is 18.2 Å². The van der Waals surface area contributed by atoms with Gasteiger partial charge in [-0.25, -0.2) is 15.0 Å². The summed E-state index contributed by atoms with van der Waals surface area (Å²) in [5.41, 5.74) is 0.881. The van der Waals surface area contributed by atoms with Crippen LogP contribution in [0, 0.1) is 6.92 Å². The zero-order valence-electron chi connectivity index (χ0n) is 14.3. The molecule has 0 aliphatic carbocycles. The van der Waals surface area contributed by atoms with Crippen molar-refractivity contribution in [3.63, 3.8) is 0 Å². The molecular formula is C19H15BrN4O2S. The quantitative estimate of drug-likeness (QED) is 0.411. The summed E-state index contributed by atoms with van der Waals surface area (Å²) in [5.74, 6) is 3.38. The number of halogens is 1. The van der Waals surface area contributed by atoms with Crippen molar-refractivity contribution < 1.29 is 9.15 Å². The number of benzene rings is 1. The minimum atomic E-state index is 0.549. The van der Waals surface area contributed by atoms with Crippen LogP contribution in [0.15, 0.2) is 63.1 Å². The first-order valence-electron chi connectivity index (χ1n) is 8.17. The molecule has 0 spiro atoms. The summed E-state index contributed by atoms with van der Waals surface area (Å²) in [6, 6.07) is 11.4. The molecule has 1 N–H and O–H groups in total. The van der Waals surface area contributed by atoms with E-state index < -0.39 is 0 Å². The summed E-state index contributed by atoms with van der Waals surface area (Å²) in [5, 5.41) is 5.92. The Hall–Kier alpha value is -2.71. The zero-order chi connectivity index (χ0) is 18.6. The standard InChI is InChI=1S/C19H15BrN4O2S/c1-12-9-21-17(25-12)8-14-11-27-19(23-14)24-18-16(7-13(20)10-22-18)26-15-5-3-2-4-6-15/h2-7,9-11H,8H2,1H3,(H,22,23,24). The summed E-state index contributed by atoms with van der Waals surface area (Å²) >= 11 is 4.93. The van der Waals surface area contributed by atoms with Crippen molar-refractivity contribution in [2.24, 2.45) is 0 Å². The van der Waals surface area contributed by atoms with Gasteiger partial charge in [0.05, 0.1) is 18.3 Å². The molecule has 0 atom stereocenters. The van der Waals surface area contributed by atoms with Crippen molar-refractivity contribution in [1.82, 2.24) is 15.0 Å². The van der Waals surface area contributed by atoms with Crippen LogP contribution in [0.1, 0.15) is 17.3 Å². The van der Waals surface area contributed by atoms with Gasteiger partial charge in [0.2, 0.25) is 0 Å². The van der Waals surface area contributed by atoms with Crippen molar-refractivity contribution in [2.75, 3.05) is 5.32 Å². The number of rotatable bonds is 6. The van der Waals surface area contributed by atoms with Gasteiger partial charge in [-0.3, -0.25) is 0 Å². The second kappa shape index (κ2) is 7.89. The number of hydrogen-bond acceptors (Lipinski definition) is 7.